The van der Waals surface area contributed by atoms with E-state index in [1.807, 2.05) is 13.0 Å². The van der Waals surface area contributed by atoms with E-state index in [0.717, 1.165) is 5.56 Å². The molecule has 24 nitrogen and oxygen atoms in total. The largest absolute Gasteiger partial charge is 0.494 e. The van der Waals surface area contributed by atoms with Crippen LogP contribution in [-0.2, 0) is 51.2 Å². The number of aliphatic carboxylic acids is 2. The molecule has 2 fully saturated rings. The highest BCUT2D eigenvalue weighted by Crippen LogP contribution is 2.31. The number of imidazole rings is 1. The first-order valence-corrected chi connectivity index (χ1v) is 24.6. The normalized spacial score (nSPS) is 17.6. The van der Waals surface area contributed by atoms with E-state index in [4.69, 9.17) is 27.0 Å². The molecule has 3 aromatic rings. The number of nitrogens with zero attached hydrogens (tertiary/aromatic N) is 4. The van der Waals surface area contributed by atoms with E-state index in [9.17, 15) is 48.3 Å². The number of hydrogen-bond donors (Lipinski definition) is 10. The lowest BCUT2D eigenvalue weighted by Crippen LogP contribution is -2.58. The van der Waals surface area contributed by atoms with Crippen molar-refractivity contribution in [1.29, 1.82) is 0 Å². The first kappa shape index (κ1) is 57.0. The zero-order chi connectivity index (χ0) is 54.1. The molecule has 0 radical (unpaired) electrons. The van der Waals surface area contributed by atoms with Crippen molar-refractivity contribution in [2.45, 2.75) is 121 Å². The summed E-state index contributed by atoms with van der Waals surface area (Å²) >= 11 is 0. The SMILES string of the molecule is CCC(C)[C@H](NC(=O)c1cccc(NC(=O)[C@@H]2CCCN2C(=O)[C@H](CCCN=C(N)N)NC(=O)C(N)CC(=O)O)c1OC)C(=O)N[C@@H](Cc1cnc[nH]1)C(=O)N1CCC[C@H]1C(=O)C[C@@H](Cc1ccccc1)C(=O)O. The third-order valence-corrected chi connectivity index (χ3v) is 13.3. The van der Waals surface area contributed by atoms with Crippen molar-refractivity contribution < 1.29 is 58.1 Å². The van der Waals surface area contributed by atoms with Crippen molar-refractivity contribution in [3.63, 3.8) is 0 Å². The number of hydrogen-bond acceptors (Lipinski definition) is 13. The maximum Gasteiger partial charge on any atom is 0.307 e. The van der Waals surface area contributed by atoms with Crippen molar-refractivity contribution in [3.05, 3.63) is 77.9 Å². The van der Waals surface area contributed by atoms with Crippen LogP contribution in [0.2, 0.25) is 0 Å². The Morgan fingerprint density at radius 3 is 2.14 bits per heavy atom. The van der Waals surface area contributed by atoms with Crippen LogP contribution < -0.4 is 43.2 Å². The molecule has 0 spiro atoms. The number of aromatic nitrogens is 2. The number of aliphatic imine (C=N–C) groups is 1. The van der Waals surface area contributed by atoms with Crippen molar-refractivity contribution in [3.8, 4) is 5.75 Å². The molecule has 74 heavy (non-hydrogen) atoms. The fraction of sp³-hybridized carbons (Fsp3) is 0.500. The number of amides is 6. The highest BCUT2D eigenvalue weighted by molar-refractivity contribution is 6.05. The second kappa shape index (κ2) is 27.2. The number of nitrogens with one attached hydrogen (secondary N) is 5. The van der Waals surface area contributed by atoms with Crippen LogP contribution >= 0.6 is 0 Å². The van der Waals surface area contributed by atoms with Crippen LogP contribution in [0.25, 0.3) is 0 Å². The number of carbonyl (C=O) groups is 9. The van der Waals surface area contributed by atoms with Gasteiger partial charge in [0.25, 0.3) is 5.91 Å². The minimum Gasteiger partial charge on any atom is -0.494 e. The summed E-state index contributed by atoms with van der Waals surface area (Å²) in [6, 6.07) is 6.26. The van der Waals surface area contributed by atoms with Crippen molar-refractivity contribution in [1.82, 2.24) is 35.7 Å². The summed E-state index contributed by atoms with van der Waals surface area (Å²) in [5.74, 6) is -8.78. The topological polar surface area (TPSA) is 377 Å². The second-order valence-electron chi connectivity index (χ2n) is 18.5. The average molecular weight is 1030 g/mol. The molecule has 2 unspecified atom stereocenters. The van der Waals surface area contributed by atoms with Crippen molar-refractivity contribution >= 4 is 64.8 Å². The number of carboxylic acids is 2. The summed E-state index contributed by atoms with van der Waals surface area (Å²) in [5.41, 5.74) is 17.9. The van der Waals surface area contributed by atoms with E-state index < -0.39 is 108 Å². The molecule has 8 atom stereocenters. The van der Waals surface area contributed by atoms with Gasteiger partial charge in [-0.25, -0.2) is 4.98 Å². The minimum absolute atomic E-state index is 0.0280. The van der Waals surface area contributed by atoms with Crippen LogP contribution in [0, 0.1) is 11.8 Å². The lowest BCUT2D eigenvalue weighted by atomic mass is 9.91. The first-order chi connectivity index (χ1) is 35.3. The summed E-state index contributed by atoms with van der Waals surface area (Å²) in [6.45, 7) is 4.01. The van der Waals surface area contributed by atoms with Gasteiger partial charge in [-0.05, 0) is 68.6 Å². The molecule has 3 heterocycles. The van der Waals surface area contributed by atoms with Gasteiger partial charge in [0.15, 0.2) is 17.5 Å². The molecule has 0 aliphatic carbocycles. The van der Waals surface area contributed by atoms with E-state index in [-0.39, 0.29) is 81.1 Å². The predicted molar refractivity (Wildman–Crippen MR) is 269 cm³/mol. The first-order valence-electron chi connectivity index (χ1n) is 24.6. The maximum atomic E-state index is 14.5. The molecular weight excluding hydrogens is 961 g/mol. The molecule has 400 valence electrons. The van der Waals surface area contributed by atoms with Gasteiger partial charge in [-0.3, -0.25) is 48.1 Å². The summed E-state index contributed by atoms with van der Waals surface area (Å²) < 4.78 is 5.67. The van der Waals surface area contributed by atoms with Crippen LogP contribution in [0.3, 0.4) is 0 Å². The van der Waals surface area contributed by atoms with Gasteiger partial charge in [-0.15, -0.1) is 0 Å². The number of ketones is 1. The second-order valence-corrected chi connectivity index (χ2v) is 18.5. The predicted octanol–water partition coefficient (Wildman–Crippen LogP) is 0.454. The summed E-state index contributed by atoms with van der Waals surface area (Å²) in [4.78, 5) is 135. The van der Waals surface area contributed by atoms with E-state index in [1.54, 1.807) is 31.2 Å². The summed E-state index contributed by atoms with van der Waals surface area (Å²) in [7, 11) is 1.28. The molecule has 13 N–H and O–H groups in total. The lowest BCUT2D eigenvalue weighted by molar-refractivity contribution is -0.145. The van der Waals surface area contributed by atoms with E-state index in [0.29, 0.717) is 31.4 Å². The number of carboxylic acid groups (broad SMARTS) is 2. The molecule has 6 amide bonds. The number of carbonyl (C=O) groups excluding carboxylic acids is 7. The average Bonchev–Trinajstić information content (AvgIpc) is 4.19. The van der Waals surface area contributed by atoms with Gasteiger partial charge >= 0.3 is 11.9 Å². The monoisotopic (exact) mass is 1030 g/mol. The number of likely N-dealkylation sites (tertiary alicyclic amines) is 2. The van der Waals surface area contributed by atoms with Crippen LogP contribution in [0.4, 0.5) is 5.69 Å². The molecule has 24 heteroatoms. The molecule has 2 aromatic carbocycles. The summed E-state index contributed by atoms with van der Waals surface area (Å²) in [6.07, 6.45) is 4.11. The van der Waals surface area contributed by atoms with Crippen molar-refractivity contribution in [2.24, 2.45) is 34.0 Å². The number of methoxy groups -OCH3 is 1. The van der Waals surface area contributed by atoms with Gasteiger partial charge in [-0.1, -0.05) is 56.7 Å². The van der Waals surface area contributed by atoms with E-state index in [2.05, 4.69) is 36.2 Å². The Kier molecular flexibility index (Phi) is 21.0. The quantitative estimate of drug-likeness (QED) is 0.0282. The standard InChI is InChI=1S/C50H68N12O12/c1-4-28(2)41(46(69)59-36(24-31-26-54-27-56-31)48(71)61-20-10-17-37(61)39(63)23-30(49(72)73)22-29-12-6-5-7-13-29)60-43(66)32-14-8-15-34(42(32)74-3)57-45(68)38-18-11-21-62(38)47(70)35(16-9-19-55-50(52)53)58-44(67)33(51)25-40(64)65/h5-8,12-15,26-28,30,33,35-38,41H,4,9-11,16-25,51H2,1-3H3,(H,54,56)(H,57,68)(H,58,67)(H,59,69)(H,60,66)(H,64,65)(H,72,73)(H4,52,53,55)/t28?,30-,33?,35+,36+,37+,38+,41+/m1/s1. The third kappa shape index (κ3) is 15.6. The Balaban J connectivity index is 1.32. The summed E-state index contributed by atoms with van der Waals surface area (Å²) in [5, 5.41) is 30.1. The Morgan fingerprint density at radius 1 is 0.851 bits per heavy atom. The Labute approximate surface area is 428 Å². The minimum atomic E-state index is -1.46. The van der Waals surface area contributed by atoms with Gasteiger partial charge in [0.2, 0.25) is 29.5 Å². The van der Waals surface area contributed by atoms with Crippen LogP contribution in [0.5, 0.6) is 5.75 Å². The number of para-hydroxylation sites is 1. The van der Waals surface area contributed by atoms with Crippen molar-refractivity contribution in [2.75, 3.05) is 32.1 Å². The zero-order valence-electron chi connectivity index (χ0n) is 41.8. The number of anilines is 1. The third-order valence-electron chi connectivity index (χ3n) is 13.3. The van der Waals surface area contributed by atoms with Gasteiger partial charge in [0, 0.05) is 44.4 Å². The Hall–Kier alpha value is -7.89. The molecule has 0 saturated carbocycles. The number of Topliss-reactive ketones (excluding diaryl/α,β-unsaturated/α-hetero) is 1. The van der Waals surface area contributed by atoms with Crippen LogP contribution in [-0.4, -0.2) is 152 Å². The molecule has 0 bridgehead atoms. The van der Waals surface area contributed by atoms with Gasteiger partial charge in [-0.2, -0.15) is 0 Å². The number of rotatable bonds is 27. The lowest BCUT2D eigenvalue weighted by Gasteiger charge is -2.31. The van der Waals surface area contributed by atoms with Crippen LogP contribution in [0.1, 0.15) is 93.3 Å². The fourth-order valence-corrected chi connectivity index (χ4v) is 9.16. The fourth-order valence-electron chi connectivity index (χ4n) is 9.16. The number of guanidine groups is 1. The number of benzene rings is 2. The molecule has 5 rings (SSSR count). The van der Waals surface area contributed by atoms with Gasteiger partial charge in [0.05, 0.1) is 49.1 Å². The molecule has 2 saturated heterocycles. The number of nitrogens with two attached hydrogens (primary N) is 3. The van der Waals surface area contributed by atoms with Gasteiger partial charge < -0.3 is 68.2 Å². The number of aromatic amines is 1. The maximum absolute atomic E-state index is 14.5. The number of ether oxygens (including phenoxy) is 1. The Morgan fingerprint density at radius 2 is 1.51 bits per heavy atom. The van der Waals surface area contributed by atoms with E-state index in [1.165, 1.54) is 47.6 Å². The number of H-pyrrole nitrogens is 1. The smallest absolute Gasteiger partial charge is 0.307 e. The van der Waals surface area contributed by atoms with E-state index >= 15 is 0 Å². The van der Waals surface area contributed by atoms with Crippen LogP contribution in [0.15, 0.2) is 66.0 Å². The van der Waals surface area contributed by atoms with Gasteiger partial charge in [0.1, 0.15) is 24.2 Å². The Bertz CT molecular complexity index is 2500. The molecular formula is C50H68N12O12. The highest BCUT2D eigenvalue weighted by Gasteiger charge is 2.41. The molecule has 1 aromatic heterocycles. The zero-order valence-corrected chi connectivity index (χ0v) is 41.8. The molecule has 2 aliphatic heterocycles. The highest BCUT2D eigenvalue weighted by atomic mass is 16.5. The molecule has 2 aliphatic rings.